The number of nitrogens with zero attached hydrogens (tertiary/aromatic N) is 1. The number of halogens is 6. The fourth-order valence-electron chi connectivity index (χ4n) is 3.67. The lowest BCUT2D eigenvalue weighted by molar-refractivity contribution is -0.138. The van der Waals surface area contributed by atoms with Crippen molar-refractivity contribution in [1.82, 2.24) is 0 Å². The average Bonchev–Trinajstić information content (AvgIpc) is 3.11. The first-order valence-corrected chi connectivity index (χ1v) is 11.5. The molecule has 1 aliphatic heterocycles. The van der Waals surface area contributed by atoms with E-state index < -0.39 is 46.5 Å². The molecule has 0 bridgehead atoms. The van der Waals surface area contributed by atoms with Crippen LogP contribution in [0.25, 0.3) is 0 Å². The van der Waals surface area contributed by atoms with Gasteiger partial charge in [-0.3, -0.25) is 14.4 Å². The topological polar surface area (TPSA) is 66.5 Å². The Hall–Kier alpha value is -3.80. The van der Waals surface area contributed by atoms with E-state index in [1.807, 2.05) is 0 Å². The van der Waals surface area contributed by atoms with Crippen LogP contribution >= 0.6 is 11.8 Å². The molecule has 12 heteroatoms. The van der Waals surface area contributed by atoms with Crippen LogP contribution in [0.5, 0.6) is 0 Å². The molecule has 0 radical (unpaired) electrons. The second-order valence-corrected chi connectivity index (χ2v) is 9.20. The molecular weight excluding hydrogens is 522 g/mol. The lowest BCUT2D eigenvalue weighted by Crippen LogP contribution is -2.31. The summed E-state index contributed by atoms with van der Waals surface area (Å²) < 4.78 is 78.2. The van der Waals surface area contributed by atoms with Crippen molar-refractivity contribution >= 4 is 40.9 Å². The van der Waals surface area contributed by atoms with E-state index in [0.29, 0.717) is 11.0 Å². The molecule has 1 atom stereocenters. The second kappa shape index (κ2) is 9.92. The largest absolute Gasteiger partial charge is 0.416 e. The third-order valence-corrected chi connectivity index (χ3v) is 6.65. The molecule has 0 spiro atoms. The van der Waals surface area contributed by atoms with Crippen molar-refractivity contribution < 1.29 is 40.7 Å². The summed E-state index contributed by atoms with van der Waals surface area (Å²) in [4.78, 5) is 39.3. The zero-order valence-electron chi connectivity index (χ0n) is 18.6. The van der Waals surface area contributed by atoms with Crippen molar-refractivity contribution in [1.29, 1.82) is 0 Å². The molecule has 37 heavy (non-hydrogen) atoms. The van der Waals surface area contributed by atoms with E-state index >= 15 is 0 Å². The predicted octanol–water partition coefficient (Wildman–Crippen LogP) is 6.40. The van der Waals surface area contributed by atoms with Crippen LogP contribution in [0, 0.1) is 0 Å². The van der Waals surface area contributed by atoms with Gasteiger partial charge in [0.15, 0.2) is 0 Å². The van der Waals surface area contributed by atoms with Gasteiger partial charge in [-0.25, -0.2) is 4.90 Å². The van der Waals surface area contributed by atoms with Gasteiger partial charge in [-0.15, -0.1) is 11.8 Å². The first kappa shape index (κ1) is 26.3. The highest BCUT2D eigenvalue weighted by Gasteiger charge is 2.41. The molecule has 1 saturated heterocycles. The molecule has 1 N–H and O–H groups in total. The molecule has 3 amide bonds. The van der Waals surface area contributed by atoms with Crippen molar-refractivity contribution in [3.05, 3.63) is 89.5 Å². The number of thioether (sulfide) groups is 1. The molecule has 1 unspecified atom stereocenters. The van der Waals surface area contributed by atoms with Crippen molar-refractivity contribution in [2.45, 2.75) is 28.9 Å². The fraction of sp³-hybridized carbons (Fsp3) is 0.160. The molecule has 3 aromatic rings. The van der Waals surface area contributed by atoms with Gasteiger partial charge in [0, 0.05) is 17.0 Å². The first-order chi connectivity index (χ1) is 17.3. The van der Waals surface area contributed by atoms with Gasteiger partial charge >= 0.3 is 12.4 Å². The van der Waals surface area contributed by atoms with Gasteiger partial charge < -0.3 is 5.32 Å². The van der Waals surface area contributed by atoms with Gasteiger partial charge in [0.1, 0.15) is 0 Å². The number of amides is 3. The summed E-state index contributed by atoms with van der Waals surface area (Å²) >= 11 is 0.869. The molecule has 1 heterocycles. The number of hydrogen-bond donors (Lipinski definition) is 1. The molecule has 4 rings (SSSR count). The Morgan fingerprint density at radius 3 is 2.14 bits per heavy atom. The van der Waals surface area contributed by atoms with E-state index in [4.69, 9.17) is 0 Å². The number of rotatable bonds is 5. The Morgan fingerprint density at radius 2 is 1.46 bits per heavy atom. The van der Waals surface area contributed by atoms with Crippen molar-refractivity contribution in [3.8, 4) is 0 Å². The molecule has 5 nitrogen and oxygen atoms in total. The quantitative estimate of drug-likeness (QED) is 0.302. The molecule has 1 fully saturated rings. The second-order valence-electron chi connectivity index (χ2n) is 7.95. The van der Waals surface area contributed by atoms with E-state index in [9.17, 15) is 40.7 Å². The van der Waals surface area contributed by atoms with Gasteiger partial charge in [-0.1, -0.05) is 24.3 Å². The normalized spacial score (nSPS) is 16.3. The Balaban J connectivity index is 1.54. The summed E-state index contributed by atoms with van der Waals surface area (Å²) in [6.45, 7) is 0. The van der Waals surface area contributed by atoms with Crippen molar-refractivity contribution in [3.63, 3.8) is 0 Å². The maximum absolute atomic E-state index is 13.1. The number of imide groups is 1. The summed E-state index contributed by atoms with van der Waals surface area (Å²) in [6, 6.07) is 13.9. The third-order valence-electron chi connectivity index (χ3n) is 5.39. The van der Waals surface area contributed by atoms with Crippen LogP contribution < -0.4 is 10.2 Å². The van der Waals surface area contributed by atoms with E-state index in [2.05, 4.69) is 5.32 Å². The van der Waals surface area contributed by atoms with Crippen LogP contribution in [0.3, 0.4) is 0 Å². The lowest BCUT2D eigenvalue weighted by atomic mass is 10.1. The smallest absolute Gasteiger partial charge is 0.322 e. The lowest BCUT2D eigenvalue weighted by Gasteiger charge is -2.17. The minimum absolute atomic E-state index is 0.0441. The SMILES string of the molecule is O=C(Nc1cccc(C(F)(F)F)c1)c1ccccc1SC1CC(=O)N(c2cccc(C(F)(F)F)c2)C1=O. The third kappa shape index (κ3) is 5.79. The van der Waals surface area contributed by atoms with E-state index in [-0.39, 0.29) is 28.3 Å². The van der Waals surface area contributed by atoms with E-state index in [1.54, 1.807) is 6.07 Å². The van der Waals surface area contributed by atoms with Crippen LogP contribution in [0.4, 0.5) is 37.7 Å². The summed E-state index contributed by atoms with van der Waals surface area (Å²) in [5.74, 6) is -2.19. The van der Waals surface area contributed by atoms with Gasteiger partial charge in [0.2, 0.25) is 11.8 Å². The summed E-state index contributed by atoms with van der Waals surface area (Å²) in [5.41, 5.74) is -2.23. The average molecular weight is 538 g/mol. The van der Waals surface area contributed by atoms with Gasteiger partial charge in [-0.05, 0) is 48.5 Å². The van der Waals surface area contributed by atoms with Crippen molar-refractivity contribution in [2.24, 2.45) is 0 Å². The fourth-order valence-corrected chi connectivity index (χ4v) is 4.85. The predicted molar refractivity (Wildman–Crippen MR) is 124 cm³/mol. The number of carbonyl (C=O) groups excluding carboxylic acids is 3. The molecular formula is C25H16F6N2O3S. The highest BCUT2D eigenvalue weighted by Crippen LogP contribution is 2.38. The summed E-state index contributed by atoms with van der Waals surface area (Å²) in [5, 5.41) is 1.37. The molecule has 0 saturated carbocycles. The van der Waals surface area contributed by atoms with E-state index in [0.717, 1.165) is 42.1 Å². The first-order valence-electron chi connectivity index (χ1n) is 10.6. The molecule has 1 aliphatic rings. The molecule has 192 valence electrons. The Bertz CT molecular complexity index is 1370. The number of benzene rings is 3. The van der Waals surface area contributed by atoms with Gasteiger partial charge in [0.05, 0.1) is 27.6 Å². The number of nitrogens with one attached hydrogen (secondary N) is 1. The molecule has 0 aliphatic carbocycles. The van der Waals surface area contributed by atoms with Crippen LogP contribution in [0.2, 0.25) is 0 Å². The zero-order valence-corrected chi connectivity index (χ0v) is 19.4. The Labute approximate surface area is 210 Å². The standard InChI is InChI=1S/C25H16F6N2O3S/c26-24(27,28)14-5-3-7-16(11-14)32-22(35)18-9-1-2-10-19(18)37-20-13-21(34)33(23(20)36)17-8-4-6-15(12-17)25(29,30)31/h1-12,20H,13H2,(H,32,35). The van der Waals surface area contributed by atoms with Crippen molar-refractivity contribution in [2.75, 3.05) is 10.2 Å². The van der Waals surface area contributed by atoms with Crippen LogP contribution in [-0.2, 0) is 21.9 Å². The summed E-state index contributed by atoms with van der Waals surface area (Å²) in [6.07, 6.45) is -9.58. The number of alkyl halides is 6. The zero-order chi connectivity index (χ0) is 27.0. The Morgan fingerprint density at radius 1 is 0.838 bits per heavy atom. The van der Waals surface area contributed by atoms with Gasteiger partial charge in [0.25, 0.3) is 5.91 Å². The highest BCUT2D eigenvalue weighted by atomic mass is 32.2. The van der Waals surface area contributed by atoms with E-state index in [1.165, 1.54) is 30.3 Å². The van der Waals surface area contributed by atoms with Crippen LogP contribution in [0.1, 0.15) is 27.9 Å². The minimum Gasteiger partial charge on any atom is -0.322 e. The summed E-state index contributed by atoms with van der Waals surface area (Å²) in [7, 11) is 0. The highest BCUT2D eigenvalue weighted by molar-refractivity contribution is 8.00. The Kier molecular flexibility index (Phi) is 7.05. The maximum Gasteiger partial charge on any atom is 0.416 e. The number of carbonyl (C=O) groups is 3. The van der Waals surface area contributed by atoms with Crippen LogP contribution in [0.15, 0.2) is 77.7 Å². The maximum atomic E-state index is 13.1. The van der Waals surface area contributed by atoms with Gasteiger partial charge in [-0.2, -0.15) is 26.3 Å². The number of anilines is 2. The molecule has 0 aromatic heterocycles. The van der Waals surface area contributed by atoms with Crippen LogP contribution in [-0.4, -0.2) is 23.0 Å². The minimum atomic E-state index is -4.66. The monoisotopic (exact) mass is 538 g/mol. The molecule has 3 aromatic carbocycles. The number of hydrogen-bond acceptors (Lipinski definition) is 4.